The van der Waals surface area contributed by atoms with Crippen LogP contribution in [0, 0.1) is 0 Å². The molecule has 6 heteroatoms. The molecule has 2 rings (SSSR count). The summed E-state index contributed by atoms with van der Waals surface area (Å²) < 4.78 is 25.0. The second-order valence-corrected chi connectivity index (χ2v) is 8.35. The molecule has 0 spiro atoms. The maximum Gasteiger partial charge on any atom is 0.229 e. The van der Waals surface area contributed by atoms with Crippen molar-refractivity contribution in [2.75, 3.05) is 11.0 Å². The van der Waals surface area contributed by atoms with Crippen molar-refractivity contribution in [1.82, 2.24) is 4.98 Å². The monoisotopic (exact) mass is 310 g/mol. The molecule has 2 aromatic rings. The van der Waals surface area contributed by atoms with Crippen molar-refractivity contribution in [3.8, 4) is 11.3 Å². The van der Waals surface area contributed by atoms with E-state index in [1.165, 1.54) is 0 Å². The molecule has 0 aliphatic heterocycles. The lowest BCUT2D eigenvalue weighted by molar-refractivity contribution is 0.586. The molecule has 0 amide bonds. The van der Waals surface area contributed by atoms with E-state index in [-0.39, 0.29) is 5.41 Å². The first-order valence-corrected chi connectivity index (χ1v) is 8.96. The van der Waals surface area contributed by atoms with E-state index in [0.29, 0.717) is 5.69 Å². The SMILES string of the molecule is CC(C)(C)c1nc(-c2cccc(NS(C)(=O)=O)c2)cs1. The highest BCUT2D eigenvalue weighted by molar-refractivity contribution is 7.92. The van der Waals surface area contributed by atoms with Gasteiger partial charge in [0.2, 0.25) is 10.0 Å². The summed E-state index contributed by atoms with van der Waals surface area (Å²) in [6, 6.07) is 7.26. The first kappa shape index (κ1) is 15.0. The lowest BCUT2D eigenvalue weighted by atomic mass is 9.98. The van der Waals surface area contributed by atoms with Gasteiger partial charge in [-0.25, -0.2) is 13.4 Å². The van der Waals surface area contributed by atoms with Gasteiger partial charge in [-0.05, 0) is 12.1 Å². The first-order chi connectivity index (χ1) is 9.15. The molecule has 0 saturated heterocycles. The molecule has 4 nitrogen and oxygen atoms in total. The van der Waals surface area contributed by atoms with Gasteiger partial charge in [-0.3, -0.25) is 4.72 Å². The Balaban J connectivity index is 2.34. The van der Waals surface area contributed by atoms with Crippen LogP contribution in [-0.4, -0.2) is 19.7 Å². The lowest BCUT2D eigenvalue weighted by Gasteiger charge is -2.13. The van der Waals surface area contributed by atoms with E-state index in [9.17, 15) is 8.42 Å². The minimum atomic E-state index is -3.26. The second kappa shape index (κ2) is 5.18. The van der Waals surface area contributed by atoms with Crippen LogP contribution in [-0.2, 0) is 15.4 Å². The van der Waals surface area contributed by atoms with E-state index >= 15 is 0 Å². The Morgan fingerprint density at radius 2 is 1.95 bits per heavy atom. The Bertz CT molecular complexity index is 713. The number of sulfonamides is 1. The van der Waals surface area contributed by atoms with Crippen molar-refractivity contribution in [2.45, 2.75) is 26.2 Å². The molecule has 0 bridgehead atoms. The van der Waals surface area contributed by atoms with Gasteiger partial charge in [0.05, 0.1) is 17.0 Å². The van der Waals surface area contributed by atoms with Crippen molar-refractivity contribution in [1.29, 1.82) is 0 Å². The van der Waals surface area contributed by atoms with Crippen molar-refractivity contribution in [3.63, 3.8) is 0 Å². The van der Waals surface area contributed by atoms with Crippen molar-refractivity contribution >= 4 is 27.0 Å². The molecule has 0 atom stereocenters. The lowest BCUT2D eigenvalue weighted by Crippen LogP contribution is -2.10. The third-order valence-corrected chi connectivity index (χ3v) is 4.48. The number of aromatic nitrogens is 1. The number of anilines is 1. The third kappa shape index (κ3) is 3.80. The maximum absolute atomic E-state index is 11.3. The van der Waals surface area contributed by atoms with Crippen LogP contribution in [0.3, 0.4) is 0 Å². The van der Waals surface area contributed by atoms with E-state index in [0.717, 1.165) is 22.5 Å². The molecular formula is C14H18N2O2S2. The normalized spacial score (nSPS) is 12.4. The van der Waals surface area contributed by atoms with Gasteiger partial charge >= 0.3 is 0 Å². The van der Waals surface area contributed by atoms with Gasteiger partial charge in [0.25, 0.3) is 0 Å². The number of nitrogens with zero attached hydrogens (tertiary/aromatic N) is 1. The summed E-state index contributed by atoms with van der Waals surface area (Å²) in [5.41, 5.74) is 2.35. The summed E-state index contributed by atoms with van der Waals surface area (Å²) in [5.74, 6) is 0. The zero-order valence-electron chi connectivity index (χ0n) is 12.0. The quantitative estimate of drug-likeness (QED) is 0.944. The molecule has 1 aromatic heterocycles. The van der Waals surface area contributed by atoms with Gasteiger partial charge in [-0.15, -0.1) is 11.3 Å². The number of hydrogen-bond donors (Lipinski definition) is 1. The zero-order valence-corrected chi connectivity index (χ0v) is 13.6. The zero-order chi connectivity index (χ0) is 15.0. The second-order valence-electron chi connectivity index (χ2n) is 5.74. The van der Waals surface area contributed by atoms with Crippen LogP contribution < -0.4 is 4.72 Å². The highest BCUT2D eigenvalue weighted by Crippen LogP contribution is 2.30. The summed E-state index contributed by atoms with van der Waals surface area (Å²) in [4.78, 5) is 4.63. The largest absolute Gasteiger partial charge is 0.284 e. The number of nitrogens with one attached hydrogen (secondary N) is 1. The van der Waals surface area contributed by atoms with E-state index < -0.39 is 10.0 Å². The Hall–Kier alpha value is -1.40. The summed E-state index contributed by atoms with van der Waals surface area (Å²) in [6.07, 6.45) is 1.14. The molecule has 20 heavy (non-hydrogen) atoms. The topological polar surface area (TPSA) is 59.1 Å². The van der Waals surface area contributed by atoms with Crippen LogP contribution in [0.4, 0.5) is 5.69 Å². The average molecular weight is 310 g/mol. The predicted molar refractivity (Wildman–Crippen MR) is 84.7 cm³/mol. The van der Waals surface area contributed by atoms with Crippen LogP contribution in [0.25, 0.3) is 11.3 Å². The van der Waals surface area contributed by atoms with Gasteiger partial charge in [0.1, 0.15) is 0 Å². The van der Waals surface area contributed by atoms with Crippen molar-refractivity contribution in [2.24, 2.45) is 0 Å². The molecule has 1 aromatic carbocycles. The van der Waals surface area contributed by atoms with E-state index in [1.54, 1.807) is 23.5 Å². The van der Waals surface area contributed by atoms with Gasteiger partial charge < -0.3 is 0 Å². The molecule has 0 saturated carbocycles. The molecule has 1 N–H and O–H groups in total. The molecule has 0 unspecified atom stereocenters. The van der Waals surface area contributed by atoms with Crippen LogP contribution in [0.2, 0.25) is 0 Å². The van der Waals surface area contributed by atoms with E-state index in [1.807, 2.05) is 17.5 Å². The van der Waals surface area contributed by atoms with Crippen LogP contribution in [0.15, 0.2) is 29.6 Å². The highest BCUT2D eigenvalue weighted by atomic mass is 32.2. The fourth-order valence-electron chi connectivity index (χ4n) is 1.71. The molecular weight excluding hydrogens is 292 g/mol. The summed E-state index contributed by atoms with van der Waals surface area (Å²) in [6.45, 7) is 6.37. The smallest absolute Gasteiger partial charge is 0.229 e. The van der Waals surface area contributed by atoms with E-state index in [4.69, 9.17) is 0 Å². The fraction of sp³-hybridized carbons (Fsp3) is 0.357. The molecule has 0 aliphatic carbocycles. The number of thiazole rings is 1. The van der Waals surface area contributed by atoms with Gasteiger partial charge in [-0.1, -0.05) is 32.9 Å². The number of hydrogen-bond acceptors (Lipinski definition) is 4. The standard InChI is InChI=1S/C14H18N2O2S2/c1-14(2,3)13-15-12(9-19-13)10-6-5-7-11(8-10)16-20(4,17)18/h5-9,16H,1-4H3. The Kier molecular flexibility index (Phi) is 3.88. The molecule has 0 radical (unpaired) electrons. The van der Waals surface area contributed by atoms with E-state index in [2.05, 4.69) is 30.5 Å². The maximum atomic E-state index is 11.3. The van der Waals surface area contributed by atoms with Crippen molar-refractivity contribution < 1.29 is 8.42 Å². The molecule has 0 fully saturated rings. The molecule has 1 heterocycles. The summed E-state index contributed by atoms with van der Waals surface area (Å²) >= 11 is 1.62. The minimum Gasteiger partial charge on any atom is -0.284 e. The number of benzene rings is 1. The van der Waals surface area contributed by atoms with Gasteiger partial charge in [0.15, 0.2) is 0 Å². The molecule has 108 valence electrons. The molecule has 0 aliphatic rings. The Labute approximate surface area is 123 Å². The van der Waals surface area contributed by atoms with Crippen molar-refractivity contribution in [3.05, 3.63) is 34.7 Å². The Morgan fingerprint density at radius 3 is 2.50 bits per heavy atom. The third-order valence-electron chi connectivity index (χ3n) is 2.61. The highest BCUT2D eigenvalue weighted by Gasteiger charge is 2.18. The first-order valence-electron chi connectivity index (χ1n) is 6.19. The summed E-state index contributed by atoms with van der Waals surface area (Å²) in [5, 5.41) is 3.06. The van der Waals surface area contributed by atoms with Gasteiger partial charge in [0, 0.05) is 22.0 Å². The average Bonchev–Trinajstić information content (AvgIpc) is 2.75. The predicted octanol–water partition coefficient (Wildman–Crippen LogP) is 3.48. The number of rotatable bonds is 3. The van der Waals surface area contributed by atoms with Crippen LogP contribution in [0.5, 0.6) is 0 Å². The summed E-state index contributed by atoms with van der Waals surface area (Å²) in [7, 11) is -3.26. The minimum absolute atomic E-state index is 0.0194. The van der Waals surface area contributed by atoms with Crippen LogP contribution in [0.1, 0.15) is 25.8 Å². The Morgan fingerprint density at radius 1 is 1.25 bits per heavy atom. The fourth-order valence-corrected chi connectivity index (χ4v) is 3.18. The van der Waals surface area contributed by atoms with Crippen LogP contribution >= 0.6 is 11.3 Å². The van der Waals surface area contributed by atoms with Gasteiger partial charge in [-0.2, -0.15) is 0 Å².